The monoisotopic (exact) mass is 347 g/mol. The molecule has 3 rings (SSSR count). The number of carboxylic acids is 1. The van der Waals surface area contributed by atoms with Crippen molar-refractivity contribution in [1.29, 1.82) is 0 Å². The van der Waals surface area contributed by atoms with Gasteiger partial charge in [-0.1, -0.05) is 0 Å². The predicted molar refractivity (Wildman–Crippen MR) is 91.0 cm³/mol. The zero-order chi connectivity index (χ0) is 17.2. The van der Waals surface area contributed by atoms with Crippen LogP contribution in [0.15, 0.2) is 29.2 Å². The van der Waals surface area contributed by atoms with Gasteiger partial charge in [0.15, 0.2) is 0 Å². The fourth-order valence-electron chi connectivity index (χ4n) is 3.36. The SMILES string of the molecule is Cc1nccn1C1(C(=O)O)CCN(C(=O)CCc2ccsc2)CC1. The molecule has 1 aliphatic rings. The second-order valence-corrected chi connectivity index (χ2v) is 6.97. The number of likely N-dealkylation sites (tertiary alicyclic amines) is 1. The second-order valence-electron chi connectivity index (χ2n) is 6.19. The Kier molecular flexibility index (Phi) is 4.71. The van der Waals surface area contributed by atoms with Gasteiger partial charge < -0.3 is 14.6 Å². The Bertz CT molecular complexity index is 715. The summed E-state index contributed by atoms with van der Waals surface area (Å²) in [6.07, 6.45) is 5.37. The summed E-state index contributed by atoms with van der Waals surface area (Å²) < 4.78 is 1.74. The lowest BCUT2D eigenvalue weighted by Gasteiger charge is -2.40. The predicted octanol–water partition coefficient (Wildman–Crippen LogP) is 2.29. The molecule has 0 aromatic carbocycles. The zero-order valence-electron chi connectivity index (χ0n) is 13.6. The zero-order valence-corrected chi connectivity index (χ0v) is 14.5. The smallest absolute Gasteiger partial charge is 0.330 e. The van der Waals surface area contributed by atoms with Crippen molar-refractivity contribution >= 4 is 23.2 Å². The summed E-state index contributed by atoms with van der Waals surface area (Å²) in [4.78, 5) is 30.3. The standard InChI is InChI=1S/C17H21N3O3S/c1-13-18-7-10-20(13)17(16(22)23)5-8-19(9-6-17)15(21)3-2-14-4-11-24-12-14/h4,7,10-12H,2-3,5-6,8-9H2,1H3,(H,22,23). The van der Waals surface area contributed by atoms with E-state index in [2.05, 4.69) is 10.4 Å². The summed E-state index contributed by atoms with van der Waals surface area (Å²) in [5, 5.41) is 13.9. The van der Waals surface area contributed by atoms with Crippen molar-refractivity contribution in [2.45, 2.75) is 38.1 Å². The summed E-state index contributed by atoms with van der Waals surface area (Å²) in [5.74, 6) is -0.0638. The molecule has 0 aliphatic carbocycles. The first-order valence-electron chi connectivity index (χ1n) is 8.05. The second kappa shape index (κ2) is 6.76. The van der Waals surface area contributed by atoms with E-state index in [0.29, 0.717) is 38.2 Å². The fraction of sp³-hybridized carbons (Fsp3) is 0.471. The highest BCUT2D eigenvalue weighted by Gasteiger charge is 2.44. The Morgan fingerprint density at radius 1 is 1.38 bits per heavy atom. The minimum Gasteiger partial charge on any atom is -0.479 e. The molecule has 1 N–H and O–H groups in total. The van der Waals surface area contributed by atoms with Crippen LogP contribution in [0, 0.1) is 6.92 Å². The van der Waals surface area contributed by atoms with Crippen LogP contribution in [0.25, 0.3) is 0 Å². The van der Waals surface area contributed by atoms with E-state index in [9.17, 15) is 14.7 Å². The highest BCUT2D eigenvalue weighted by atomic mass is 32.1. The lowest BCUT2D eigenvalue weighted by Crippen LogP contribution is -2.52. The molecular weight excluding hydrogens is 326 g/mol. The van der Waals surface area contributed by atoms with E-state index in [1.807, 2.05) is 18.4 Å². The number of carbonyl (C=O) groups is 2. The number of aryl methyl sites for hydroxylation is 2. The molecule has 0 saturated carbocycles. The number of amides is 1. The van der Waals surface area contributed by atoms with E-state index in [1.54, 1.807) is 33.2 Å². The number of hydrogen-bond donors (Lipinski definition) is 1. The van der Waals surface area contributed by atoms with Crippen LogP contribution in [-0.2, 0) is 21.5 Å². The first-order chi connectivity index (χ1) is 11.5. The van der Waals surface area contributed by atoms with E-state index in [1.165, 1.54) is 5.56 Å². The normalized spacial score (nSPS) is 17.0. The van der Waals surface area contributed by atoms with Gasteiger partial charge in [0.2, 0.25) is 5.91 Å². The number of carboxylic acid groups (broad SMARTS) is 1. The third-order valence-electron chi connectivity index (χ3n) is 4.84. The lowest BCUT2D eigenvalue weighted by molar-refractivity contribution is -0.152. The average molecular weight is 347 g/mol. The van der Waals surface area contributed by atoms with Gasteiger partial charge in [-0.05, 0) is 48.6 Å². The number of carbonyl (C=O) groups excluding carboxylic acids is 1. The van der Waals surface area contributed by atoms with Gasteiger partial charge in [-0.25, -0.2) is 9.78 Å². The molecule has 0 bridgehead atoms. The highest BCUT2D eigenvalue weighted by Crippen LogP contribution is 2.32. The number of imidazole rings is 1. The summed E-state index contributed by atoms with van der Waals surface area (Å²) >= 11 is 1.63. The minimum absolute atomic E-state index is 0.0996. The fourth-order valence-corrected chi connectivity index (χ4v) is 4.06. The minimum atomic E-state index is -0.995. The summed E-state index contributed by atoms with van der Waals surface area (Å²) in [7, 11) is 0. The molecule has 2 aromatic rings. The lowest BCUT2D eigenvalue weighted by atomic mass is 9.86. The van der Waals surface area contributed by atoms with E-state index in [4.69, 9.17) is 0 Å². The van der Waals surface area contributed by atoms with Crippen LogP contribution in [0.3, 0.4) is 0 Å². The first kappa shape index (κ1) is 16.7. The van der Waals surface area contributed by atoms with Gasteiger partial charge in [0.1, 0.15) is 11.4 Å². The molecule has 128 valence electrons. The van der Waals surface area contributed by atoms with Crippen LogP contribution in [0.4, 0.5) is 0 Å². The number of piperidine rings is 1. The molecule has 1 aliphatic heterocycles. The Hall–Kier alpha value is -2.15. The quantitative estimate of drug-likeness (QED) is 0.900. The van der Waals surface area contributed by atoms with Crippen molar-refractivity contribution in [3.8, 4) is 0 Å². The third-order valence-corrected chi connectivity index (χ3v) is 5.57. The van der Waals surface area contributed by atoms with Gasteiger partial charge in [0.05, 0.1) is 0 Å². The number of aliphatic carboxylic acids is 1. The Balaban J connectivity index is 1.64. The van der Waals surface area contributed by atoms with Crippen molar-refractivity contribution in [1.82, 2.24) is 14.5 Å². The molecule has 0 spiro atoms. The van der Waals surface area contributed by atoms with Gasteiger partial charge in [0, 0.05) is 31.9 Å². The molecule has 3 heterocycles. The third kappa shape index (κ3) is 3.08. The van der Waals surface area contributed by atoms with E-state index >= 15 is 0 Å². The molecule has 24 heavy (non-hydrogen) atoms. The van der Waals surface area contributed by atoms with E-state index in [-0.39, 0.29) is 5.91 Å². The largest absolute Gasteiger partial charge is 0.479 e. The summed E-state index contributed by atoms with van der Waals surface area (Å²) in [5.41, 5.74) is 0.185. The first-order valence-corrected chi connectivity index (χ1v) is 9.00. The summed E-state index contributed by atoms with van der Waals surface area (Å²) in [6, 6.07) is 2.03. The Morgan fingerprint density at radius 3 is 2.67 bits per heavy atom. The maximum Gasteiger partial charge on any atom is 0.330 e. The van der Waals surface area contributed by atoms with Gasteiger partial charge >= 0.3 is 5.97 Å². The molecule has 0 atom stereocenters. The van der Waals surface area contributed by atoms with Crippen LogP contribution >= 0.6 is 11.3 Å². The molecule has 1 amide bonds. The molecule has 1 saturated heterocycles. The van der Waals surface area contributed by atoms with Gasteiger partial charge in [-0.15, -0.1) is 0 Å². The number of rotatable bonds is 5. The molecule has 0 radical (unpaired) electrons. The Morgan fingerprint density at radius 2 is 2.12 bits per heavy atom. The molecular formula is C17H21N3O3S. The molecule has 7 heteroatoms. The molecule has 1 fully saturated rings. The van der Waals surface area contributed by atoms with Crippen molar-refractivity contribution in [3.05, 3.63) is 40.6 Å². The number of nitrogens with zero attached hydrogens (tertiary/aromatic N) is 3. The van der Waals surface area contributed by atoms with Crippen molar-refractivity contribution in [2.24, 2.45) is 0 Å². The van der Waals surface area contributed by atoms with Crippen LogP contribution in [0.1, 0.15) is 30.7 Å². The number of thiophene rings is 1. The topological polar surface area (TPSA) is 75.4 Å². The number of hydrogen-bond acceptors (Lipinski definition) is 4. The maximum atomic E-state index is 12.4. The van der Waals surface area contributed by atoms with E-state index in [0.717, 1.165) is 6.42 Å². The molecule has 2 aromatic heterocycles. The average Bonchev–Trinajstić information content (AvgIpc) is 3.24. The van der Waals surface area contributed by atoms with Crippen molar-refractivity contribution < 1.29 is 14.7 Å². The van der Waals surface area contributed by atoms with Crippen LogP contribution < -0.4 is 0 Å². The summed E-state index contributed by atoms with van der Waals surface area (Å²) in [6.45, 7) is 2.74. The highest BCUT2D eigenvalue weighted by molar-refractivity contribution is 7.07. The van der Waals surface area contributed by atoms with Crippen molar-refractivity contribution in [3.63, 3.8) is 0 Å². The van der Waals surface area contributed by atoms with Crippen LogP contribution in [0.2, 0.25) is 0 Å². The number of aromatic nitrogens is 2. The molecule has 0 unspecified atom stereocenters. The van der Waals surface area contributed by atoms with Gasteiger partial charge in [0.25, 0.3) is 0 Å². The van der Waals surface area contributed by atoms with Crippen LogP contribution in [0.5, 0.6) is 0 Å². The van der Waals surface area contributed by atoms with Gasteiger partial charge in [-0.2, -0.15) is 11.3 Å². The van der Waals surface area contributed by atoms with E-state index < -0.39 is 11.5 Å². The van der Waals surface area contributed by atoms with Crippen molar-refractivity contribution in [2.75, 3.05) is 13.1 Å². The van der Waals surface area contributed by atoms with Gasteiger partial charge in [-0.3, -0.25) is 4.79 Å². The maximum absolute atomic E-state index is 12.4. The molecule has 6 nitrogen and oxygen atoms in total. The van der Waals surface area contributed by atoms with Crippen LogP contribution in [-0.4, -0.2) is 44.5 Å². The Labute approximate surface area is 144 Å².